The van der Waals surface area contributed by atoms with Crippen LogP contribution in [0.15, 0.2) is 29.8 Å². The van der Waals surface area contributed by atoms with Crippen molar-refractivity contribution in [2.24, 2.45) is 0 Å². The van der Waals surface area contributed by atoms with Gasteiger partial charge in [-0.1, -0.05) is 0 Å². The smallest absolute Gasteiger partial charge is 0.187 e. The average molecular weight is 231 g/mol. The molecule has 0 atom stereocenters. The van der Waals surface area contributed by atoms with Gasteiger partial charge in [-0.3, -0.25) is 0 Å². The number of methoxy groups -OCH3 is 1. The van der Waals surface area contributed by atoms with Gasteiger partial charge in [0.1, 0.15) is 11.8 Å². The number of rotatable bonds is 3. The third-order valence-corrected chi connectivity index (χ3v) is 2.71. The largest absolute Gasteiger partial charge is 0.497 e. The van der Waals surface area contributed by atoms with E-state index in [-0.39, 0.29) is 0 Å². The van der Waals surface area contributed by atoms with Gasteiger partial charge < -0.3 is 10.1 Å². The summed E-state index contributed by atoms with van der Waals surface area (Å²) in [6.45, 7) is 0. The van der Waals surface area contributed by atoms with Crippen molar-refractivity contribution in [1.82, 2.24) is 4.98 Å². The zero-order chi connectivity index (χ0) is 11.4. The van der Waals surface area contributed by atoms with E-state index in [0.29, 0.717) is 17.0 Å². The van der Waals surface area contributed by atoms with Crippen molar-refractivity contribution in [2.45, 2.75) is 0 Å². The molecule has 80 valence electrons. The van der Waals surface area contributed by atoms with E-state index >= 15 is 0 Å². The Labute approximate surface area is 97.1 Å². The summed E-state index contributed by atoms with van der Waals surface area (Å²) >= 11 is 1.48. The molecule has 0 saturated heterocycles. The summed E-state index contributed by atoms with van der Waals surface area (Å²) in [4.78, 5) is 4.10. The van der Waals surface area contributed by atoms with Crippen molar-refractivity contribution >= 4 is 22.2 Å². The number of hydrogen-bond donors (Lipinski definition) is 1. The van der Waals surface area contributed by atoms with Crippen LogP contribution in [0.25, 0.3) is 0 Å². The molecule has 0 aliphatic rings. The van der Waals surface area contributed by atoms with Gasteiger partial charge in [-0.25, -0.2) is 4.98 Å². The Morgan fingerprint density at radius 3 is 3.00 bits per heavy atom. The molecule has 0 fully saturated rings. The van der Waals surface area contributed by atoms with Crippen molar-refractivity contribution in [3.63, 3.8) is 0 Å². The van der Waals surface area contributed by atoms with E-state index in [1.807, 2.05) is 5.38 Å². The van der Waals surface area contributed by atoms with E-state index in [2.05, 4.69) is 16.4 Å². The topological polar surface area (TPSA) is 57.9 Å². The van der Waals surface area contributed by atoms with Crippen LogP contribution in [0.5, 0.6) is 5.75 Å². The molecule has 0 spiro atoms. The third kappa shape index (κ3) is 2.12. The summed E-state index contributed by atoms with van der Waals surface area (Å²) in [5.74, 6) is 0.707. The van der Waals surface area contributed by atoms with Gasteiger partial charge in [0.2, 0.25) is 0 Å². The van der Waals surface area contributed by atoms with E-state index in [0.717, 1.165) is 5.13 Å². The number of benzene rings is 1. The monoisotopic (exact) mass is 231 g/mol. The van der Waals surface area contributed by atoms with Crippen molar-refractivity contribution in [1.29, 1.82) is 5.26 Å². The predicted octanol–water partition coefficient (Wildman–Crippen LogP) is 2.77. The first-order chi connectivity index (χ1) is 7.83. The van der Waals surface area contributed by atoms with Gasteiger partial charge in [-0.2, -0.15) is 5.26 Å². The molecule has 1 aromatic carbocycles. The Bertz CT molecular complexity index is 517. The second-order valence-corrected chi connectivity index (χ2v) is 3.88. The standard InChI is InChI=1S/C11H9N3OS/c1-15-9-3-2-8(7-12)10(6-9)14-11-13-4-5-16-11/h2-6H,1H3,(H,13,14). The average Bonchev–Trinajstić information content (AvgIpc) is 2.82. The summed E-state index contributed by atoms with van der Waals surface area (Å²) in [6.07, 6.45) is 1.71. The van der Waals surface area contributed by atoms with Crippen LogP contribution in [-0.2, 0) is 0 Å². The summed E-state index contributed by atoms with van der Waals surface area (Å²) < 4.78 is 5.11. The number of aromatic nitrogens is 1. The van der Waals surface area contributed by atoms with Crippen molar-refractivity contribution < 1.29 is 4.74 Å². The van der Waals surface area contributed by atoms with Crippen LogP contribution >= 0.6 is 11.3 Å². The zero-order valence-electron chi connectivity index (χ0n) is 8.60. The summed E-state index contributed by atoms with van der Waals surface area (Å²) in [5, 5.41) is 14.7. The molecule has 4 nitrogen and oxygen atoms in total. The maximum atomic E-state index is 8.96. The fourth-order valence-corrected chi connectivity index (χ4v) is 1.79. The van der Waals surface area contributed by atoms with Gasteiger partial charge in [-0.05, 0) is 12.1 Å². The zero-order valence-corrected chi connectivity index (χ0v) is 9.41. The molecule has 16 heavy (non-hydrogen) atoms. The Balaban J connectivity index is 2.34. The number of nitrogens with one attached hydrogen (secondary N) is 1. The molecule has 0 aliphatic heterocycles. The third-order valence-electron chi connectivity index (χ3n) is 2.02. The molecule has 2 rings (SSSR count). The van der Waals surface area contributed by atoms with Crippen LogP contribution in [0.3, 0.4) is 0 Å². The van der Waals surface area contributed by atoms with E-state index in [4.69, 9.17) is 10.00 Å². The SMILES string of the molecule is COc1ccc(C#N)c(Nc2nccs2)c1. The van der Waals surface area contributed by atoms with E-state index in [9.17, 15) is 0 Å². The summed E-state index contributed by atoms with van der Waals surface area (Å²) in [7, 11) is 1.59. The van der Waals surface area contributed by atoms with Crippen LogP contribution in [0.2, 0.25) is 0 Å². The maximum Gasteiger partial charge on any atom is 0.187 e. The normalized spacial score (nSPS) is 9.50. The Hall–Kier alpha value is -2.06. The van der Waals surface area contributed by atoms with E-state index in [1.165, 1.54) is 11.3 Å². The molecule has 2 aromatic rings. The number of ether oxygens (including phenoxy) is 1. The Morgan fingerprint density at radius 1 is 1.50 bits per heavy atom. The quantitative estimate of drug-likeness (QED) is 0.882. The van der Waals surface area contributed by atoms with Crippen LogP contribution in [-0.4, -0.2) is 12.1 Å². The van der Waals surface area contributed by atoms with Crippen molar-refractivity contribution in [3.05, 3.63) is 35.3 Å². The molecular weight excluding hydrogens is 222 g/mol. The lowest BCUT2D eigenvalue weighted by Crippen LogP contribution is -1.94. The van der Waals surface area contributed by atoms with Crippen LogP contribution < -0.4 is 10.1 Å². The molecule has 1 N–H and O–H groups in total. The predicted molar refractivity (Wildman–Crippen MR) is 63.1 cm³/mol. The Morgan fingerprint density at radius 2 is 2.38 bits per heavy atom. The van der Waals surface area contributed by atoms with Gasteiger partial charge >= 0.3 is 0 Å². The van der Waals surface area contributed by atoms with Gasteiger partial charge in [0.15, 0.2) is 5.13 Å². The molecule has 0 amide bonds. The minimum atomic E-state index is 0.566. The summed E-state index contributed by atoms with van der Waals surface area (Å²) in [6, 6.07) is 7.37. The van der Waals surface area contributed by atoms with Gasteiger partial charge in [-0.15, -0.1) is 11.3 Å². The first-order valence-corrected chi connectivity index (χ1v) is 5.46. The lowest BCUT2D eigenvalue weighted by atomic mass is 10.2. The highest BCUT2D eigenvalue weighted by molar-refractivity contribution is 7.13. The number of nitrogens with zero attached hydrogens (tertiary/aromatic N) is 2. The second kappa shape index (κ2) is 4.64. The number of thiazole rings is 1. The van der Waals surface area contributed by atoms with Crippen molar-refractivity contribution in [3.8, 4) is 11.8 Å². The molecule has 0 unspecified atom stereocenters. The van der Waals surface area contributed by atoms with E-state index < -0.39 is 0 Å². The molecule has 0 bridgehead atoms. The number of anilines is 2. The first-order valence-electron chi connectivity index (χ1n) is 4.58. The van der Waals surface area contributed by atoms with Crippen LogP contribution in [0.4, 0.5) is 10.8 Å². The highest BCUT2D eigenvalue weighted by atomic mass is 32.1. The lowest BCUT2D eigenvalue weighted by Gasteiger charge is -2.07. The molecule has 0 aliphatic carbocycles. The Kier molecular flexibility index (Phi) is 3.03. The second-order valence-electron chi connectivity index (χ2n) is 2.99. The van der Waals surface area contributed by atoms with Crippen molar-refractivity contribution in [2.75, 3.05) is 12.4 Å². The van der Waals surface area contributed by atoms with Gasteiger partial charge in [0.05, 0.1) is 18.4 Å². The number of nitriles is 1. The lowest BCUT2D eigenvalue weighted by molar-refractivity contribution is 0.415. The number of hydrogen-bond acceptors (Lipinski definition) is 5. The molecule has 5 heteroatoms. The highest BCUT2D eigenvalue weighted by Gasteiger charge is 2.05. The van der Waals surface area contributed by atoms with Crippen LogP contribution in [0.1, 0.15) is 5.56 Å². The fourth-order valence-electron chi connectivity index (χ4n) is 1.25. The fraction of sp³-hybridized carbons (Fsp3) is 0.0909. The first kappa shape index (κ1) is 10.5. The molecular formula is C11H9N3OS. The van der Waals surface area contributed by atoms with E-state index in [1.54, 1.807) is 31.5 Å². The van der Waals surface area contributed by atoms with Gasteiger partial charge in [0, 0.05) is 17.6 Å². The molecule has 0 radical (unpaired) electrons. The van der Waals surface area contributed by atoms with Gasteiger partial charge in [0.25, 0.3) is 0 Å². The molecule has 1 heterocycles. The molecule has 1 aromatic heterocycles. The molecule has 0 saturated carbocycles. The maximum absolute atomic E-state index is 8.96. The minimum absolute atomic E-state index is 0.566. The minimum Gasteiger partial charge on any atom is -0.497 e. The highest BCUT2D eigenvalue weighted by Crippen LogP contribution is 2.26. The van der Waals surface area contributed by atoms with Crippen LogP contribution in [0, 0.1) is 11.3 Å². The summed E-state index contributed by atoms with van der Waals surface area (Å²) in [5.41, 5.74) is 1.27.